The van der Waals surface area contributed by atoms with Crippen molar-refractivity contribution in [2.24, 2.45) is 0 Å². The van der Waals surface area contributed by atoms with Crippen LogP contribution in [-0.4, -0.2) is 7.05 Å². The highest BCUT2D eigenvalue weighted by atomic mass is 15.1. The lowest BCUT2D eigenvalue weighted by Crippen LogP contribution is -2.21. The van der Waals surface area contributed by atoms with Crippen LogP contribution in [0.1, 0.15) is 36.1 Å². The van der Waals surface area contributed by atoms with Gasteiger partial charge in [0.05, 0.1) is 5.69 Å². The second-order valence-corrected chi connectivity index (χ2v) is 7.55. The molecule has 2 aliphatic rings. The first kappa shape index (κ1) is 14.5. The lowest BCUT2D eigenvalue weighted by molar-refractivity contribution is 0.660. The van der Waals surface area contributed by atoms with E-state index in [1.807, 2.05) is 0 Å². The number of para-hydroxylation sites is 1. The van der Waals surface area contributed by atoms with Crippen molar-refractivity contribution in [3.63, 3.8) is 0 Å². The Labute approximate surface area is 149 Å². The van der Waals surface area contributed by atoms with Crippen LogP contribution in [0, 0.1) is 0 Å². The molecular weight excluding hydrogens is 302 g/mol. The molecule has 1 aliphatic heterocycles. The van der Waals surface area contributed by atoms with Crippen molar-refractivity contribution in [1.29, 1.82) is 0 Å². The summed E-state index contributed by atoms with van der Waals surface area (Å²) in [5.41, 5.74) is 10.8. The highest BCUT2D eigenvalue weighted by Crippen LogP contribution is 2.54. The van der Waals surface area contributed by atoms with Crippen molar-refractivity contribution in [1.82, 2.24) is 0 Å². The summed E-state index contributed by atoms with van der Waals surface area (Å²) < 4.78 is 0. The Hall–Kier alpha value is -2.80. The van der Waals surface area contributed by atoms with Gasteiger partial charge in [-0.2, -0.15) is 0 Å². The van der Waals surface area contributed by atoms with Gasteiger partial charge in [0.2, 0.25) is 0 Å². The number of fused-ring (bicyclic) bond motifs is 6. The fraction of sp³-hybridized carbons (Fsp3) is 0.167. The first-order chi connectivity index (χ1) is 12.1. The summed E-state index contributed by atoms with van der Waals surface area (Å²) in [6.07, 6.45) is 4.50. The van der Waals surface area contributed by atoms with Crippen LogP contribution in [0.2, 0.25) is 0 Å². The van der Waals surface area contributed by atoms with Gasteiger partial charge < -0.3 is 4.90 Å². The predicted molar refractivity (Wildman–Crippen MR) is 107 cm³/mol. The SMILES string of the molecule is CN1c2ccccc2C=Cc2ccc3c(c21)C(C)(C)c1ccccc1-3. The predicted octanol–water partition coefficient (Wildman–Crippen LogP) is 6.24. The number of nitrogens with zero attached hydrogens (tertiary/aromatic N) is 1. The van der Waals surface area contributed by atoms with E-state index in [0.717, 1.165) is 0 Å². The number of anilines is 2. The van der Waals surface area contributed by atoms with Crippen LogP contribution >= 0.6 is 0 Å². The molecule has 1 nitrogen and oxygen atoms in total. The molecule has 0 radical (unpaired) electrons. The molecule has 1 aliphatic carbocycles. The lowest BCUT2D eigenvalue weighted by atomic mass is 9.80. The molecule has 0 bridgehead atoms. The van der Waals surface area contributed by atoms with Gasteiger partial charge in [-0.3, -0.25) is 0 Å². The molecule has 1 heteroatoms. The third-order valence-corrected chi connectivity index (χ3v) is 5.80. The van der Waals surface area contributed by atoms with Gasteiger partial charge in [-0.1, -0.05) is 80.6 Å². The summed E-state index contributed by atoms with van der Waals surface area (Å²) in [6.45, 7) is 4.71. The van der Waals surface area contributed by atoms with Gasteiger partial charge in [0.25, 0.3) is 0 Å². The Balaban J connectivity index is 1.86. The van der Waals surface area contributed by atoms with Crippen LogP contribution in [0.15, 0.2) is 60.7 Å². The second-order valence-electron chi connectivity index (χ2n) is 7.55. The standard InChI is InChI=1S/C24H21N/c1-24(2)20-10-6-5-9-18(20)19-15-14-17-13-12-16-8-4-7-11-21(16)25(3)23(17)22(19)24/h4-15H,1-3H3. The first-order valence-electron chi connectivity index (χ1n) is 8.87. The minimum Gasteiger partial charge on any atom is -0.343 e. The normalized spacial score (nSPS) is 15.9. The van der Waals surface area contributed by atoms with Gasteiger partial charge in [0.1, 0.15) is 0 Å². The van der Waals surface area contributed by atoms with Crippen LogP contribution in [-0.2, 0) is 5.41 Å². The molecule has 25 heavy (non-hydrogen) atoms. The van der Waals surface area contributed by atoms with E-state index >= 15 is 0 Å². The molecule has 0 saturated carbocycles. The van der Waals surface area contributed by atoms with E-state index in [-0.39, 0.29) is 5.41 Å². The molecule has 5 rings (SSSR count). The fourth-order valence-electron chi connectivity index (χ4n) is 4.59. The van der Waals surface area contributed by atoms with E-state index in [2.05, 4.69) is 98.6 Å². The van der Waals surface area contributed by atoms with Crippen molar-refractivity contribution in [3.8, 4) is 11.1 Å². The number of rotatable bonds is 0. The van der Waals surface area contributed by atoms with E-state index in [0.29, 0.717) is 0 Å². The van der Waals surface area contributed by atoms with Crippen molar-refractivity contribution >= 4 is 23.5 Å². The molecule has 0 atom stereocenters. The van der Waals surface area contributed by atoms with Gasteiger partial charge in [-0.05, 0) is 39.4 Å². The van der Waals surface area contributed by atoms with E-state index < -0.39 is 0 Å². The van der Waals surface area contributed by atoms with Crippen molar-refractivity contribution in [2.75, 3.05) is 11.9 Å². The zero-order chi connectivity index (χ0) is 17.2. The van der Waals surface area contributed by atoms with Crippen LogP contribution in [0.5, 0.6) is 0 Å². The van der Waals surface area contributed by atoms with Gasteiger partial charge in [-0.25, -0.2) is 0 Å². The molecule has 0 saturated heterocycles. The highest BCUT2D eigenvalue weighted by molar-refractivity contribution is 5.96. The average molecular weight is 323 g/mol. The first-order valence-corrected chi connectivity index (χ1v) is 8.87. The molecule has 0 fully saturated rings. The van der Waals surface area contributed by atoms with E-state index in [1.54, 1.807) is 0 Å². The van der Waals surface area contributed by atoms with Gasteiger partial charge >= 0.3 is 0 Å². The van der Waals surface area contributed by atoms with Gasteiger partial charge in [0, 0.05) is 18.2 Å². The third kappa shape index (κ3) is 1.84. The van der Waals surface area contributed by atoms with E-state index in [4.69, 9.17) is 0 Å². The number of hydrogen-bond donors (Lipinski definition) is 0. The molecule has 0 unspecified atom stereocenters. The Bertz CT molecular complexity index is 1040. The molecule has 0 aromatic heterocycles. The highest BCUT2D eigenvalue weighted by Gasteiger charge is 2.39. The maximum Gasteiger partial charge on any atom is 0.0529 e. The van der Waals surface area contributed by atoms with E-state index in [1.165, 1.54) is 44.8 Å². The maximum absolute atomic E-state index is 2.37. The molecule has 0 spiro atoms. The summed E-state index contributed by atoms with van der Waals surface area (Å²) in [5, 5.41) is 0. The summed E-state index contributed by atoms with van der Waals surface area (Å²) in [5.74, 6) is 0. The molecule has 0 N–H and O–H groups in total. The van der Waals surface area contributed by atoms with Crippen molar-refractivity contribution in [3.05, 3.63) is 82.9 Å². The van der Waals surface area contributed by atoms with E-state index in [9.17, 15) is 0 Å². The minimum absolute atomic E-state index is 0.00134. The maximum atomic E-state index is 2.37. The van der Waals surface area contributed by atoms with Crippen molar-refractivity contribution < 1.29 is 0 Å². The molecule has 0 amide bonds. The summed E-state index contributed by atoms with van der Waals surface area (Å²) in [4.78, 5) is 2.37. The fourth-order valence-corrected chi connectivity index (χ4v) is 4.59. The van der Waals surface area contributed by atoms with Crippen LogP contribution in [0.25, 0.3) is 23.3 Å². The Morgan fingerprint density at radius 2 is 1.44 bits per heavy atom. The largest absolute Gasteiger partial charge is 0.343 e. The summed E-state index contributed by atoms with van der Waals surface area (Å²) in [6, 6.07) is 22.0. The van der Waals surface area contributed by atoms with Crippen LogP contribution in [0.4, 0.5) is 11.4 Å². The second kappa shape index (κ2) is 4.86. The Kier molecular flexibility index (Phi) is 2.82. The van der Waals surface area contributed by atoms with Gasteiger partial charge in [0.15, 0.2) is 0 Å². The minimum atomic E-state index is -0.00134. The topological polar surface area (TPSA) is 3.24 Å². The summed E-state index contributed by atoms with van der Waals surface area (Å²) in [7, 11) is 2.20. The zero-order valence-corrected chi connectivity index (χ0v) is 14.9. The van der Waals surface area contributed by atoms with Crippen LogP contribution in [0.3, 0.4) is 0 Å². The lowest BCUT2D eigenvalue weighted by Gasteiger charge is -2.30. The molecule has 122 valence electrons. The zero-order valence-electron chi connectivity index (χ0n) is 14.9. The van der Waals surface area contributed by atoms with Crippen LogP contribution < -0.4 is 4.90 Å². The van der Waals surface area contributed by atoms with Crippen molar-refractivity contribution in [2.45, 2.75) is 19.3 Å². The summed E-state index contributed by atoms with van der Waals surface area (Å²) >= 11 is 0. The quantitative estimate of drug-likeness (QED) is 0.473. The average Bonchev–Trinajstić information content (AvgIpc) is 2.77. The third-order valence-electron chi connectivity index (χ3n) is 5.80. The number of hydrogen-bond acceptors (Lipinski definition) is 1. The Morgan fingerprint density at radius 3 is 2.32 bits per heavy atom. The Morgan fingerprint density at radius 1 is 0.720 bits per heavy atom. The molecule has 3 aromatic carbocycles. The molecule has 1 heterocycles. The molecular formula is C24H21N. The van der Waals surface area contributed by atoms with Gasteiger partial charge in [-0.15, -0.1) is 0 Å². The number of benzene rings is 3. The molecule has 3 aromatic rings. The monoisotopic (exact) mass is 323 g/mol. The smallest absolute Gasteiger partial charge is 0.0529 e.